The number of carbonyl (C=O) groups excluding carboxylic acids is 1. The Bertz CT molecular complexity index is 1150. The van der Waals surface area contributed by atoms with E-state index < -0.39 is 42.9 Å². The molecule has 0 radical (unpaired) electrons. The summed E-state index contributed by atoms with van der Waals surface area (Å²) >= 11 is 0. The van der Waals surface area contributed by atoms with Crippen molar-refractivity contribution < 1.29 is 36.6 Å². The summed E-state index contributed by atoms with van der Waals surface area (Å²) in [5, 5.41) is 23.3. The molecular weight excluding hydrogens is 499 g/mol. The van der Waals surface area contributed by atoms with Gasteiger partial charge in [-0.3, -0.25) is 9.36 Å². The zero-order valence-electron chi connectivity index (χ0n) is 20.5. The van der Waals surface area contributed by atoms with Crippen LogP contribution in [-0.2, 0) is 12.8 Å². The van der Waals surface area contributed by atoms with Gasteiger partial charge in [0.05, 0.1) is 11.3 Å². The molecule has 1 aromatic carbocycles. The highest BCUT2D eigenvalue weighted by Crippen LogP contribution is 2.33. The predicted octanol–water partition coefficient (Wildman–Crippen LogP) is 5.07. The molecule has 0 bridgehead atoms. The van der Waals surface area contributed by atoms with Gasteiger partial charge in [0, 0.05) is 19.4 Å². The summed E-state index contributed by atoms with van der Waals surface area (Å²) in [5.74, 6) is -0.492. The van der Waals surface area contributed by atoms with Crippen LogP contribution in [0.5, 0.6) is 5.75 Å². The quantitative estimate of drug-likeness (QED) is 0.443. The minimum atomic E-state index is -4.43. The van der Waals surface area contributed by atoms with E-state index in [9.17, 15) is 37.1 Å². The first-order valence-corrected chi connectivity index (χ1v) is 12.0. The molecule has 7 nitrogen and oxygen atoms in total. The van der Waals surface area contributed by atoms with E-state index in [0.717, 1.165) is 18.9 Å². The third-order valence-corrected chi connectivity index (χ3v) is 6.55. The monoisotopic (exact) mass is 528 g/mol. The molecule has 12 heteroatoms. The van der Waals surface area contributed by atoms with E-state index in [4.69, 9.17) is 0 Å². The molecule has 0 aliphatic heterocycles. The van der Waals surface area contributed by atoms with Crippen molar-refractivity contribution >= 4 is 5.91 Å². The maximum absolute atomic E-state index is 13.2. The van der Waals surface area contributed by atoms with Gasteiger partial charge in [0.15, 0.2) is 11.4 Å². The largest absolute Gasteiger partial charge is 0.433 e. The number of carbonyl (C=O) groups is 1. The van der Waals surface area contributed by atoms with Crippen LogP contribution in [0.2, 0.25) is 0 Å². The second-order valence-corrected chi connectivity index (χ2v) is 9.41. The number of aromatic nitrogens is 2. The number of hydrogen-bond donors (Lipinski definition) is 2. The molecule has 1 heterocycles. The maximum Gasteiger partial charge on any atom is 0.389 e. The van der Waals surface area contributed by atoms with Crippen LogP contribution in [0, 0.1) is 17.2 Å². The van der Waals surface area contributed by atoms with Crippen LogP contribution in [-0.4, -0.2) is 45.5 Å². The number of alkyl halides is 5. The summed E-state index contributed by atoms with van der Waals surface area (Å²) in [6, 6.07) is 5.52. The molecule has 1 aliphatic carbocycles. The number of aliphatic hydroxyl groups is 1. The maximum atomic E-state index is 13.2. The molecule has 0 spiro atoms. The molecule has 1 aromatic heterocycles. The molecule has 1 fully saturated rings. The van der Waals surface area contributed by atoms with Crippen molar-refractivity contribution in [3.63, 3.8) is 0 Å². The van der Waals surface area contributed by atoms with Gasteiger partial charge in [0.1, 0.15) is 17.6 Å². The number of hydrogen-bond acceptors (Lipinski definition) is 5. The highest BCUT2D eigenvalue weighted by Gasteiger charge is 2.33. The first-order valence-electron chi connectivity index (χ1n) is 12.0. The summed E-state index contributed by atoms with van der Waals surface area (Å²) in [6.45, 7) is 0.451. The van der Waals surface area contributed by atoms with Crippen LogP contribution < -0.4 is 10.1 Å². The van der Waals surface area contributed by atoms with Gasteiger partial charge in [-0.1, -0.05) is 19.9 Å². The van der Waals surface area contributed by atoms with Crippen molar-refractivity contribution in [2.45, 2.75) is 77.2 Å². The van der Waals surface area contributed by atoms with Gasteiger partial charge in [-0.15, -0.1) is 0 Å². The molecule has 0 atom stereocenters. The first kappa shape index (κ1) is 28.4. The van der Waals surface area contributed by atoms with E-state index >= 15 is 0 Å². The SMILES string of the molecule is CCc1nc(C(=O)NCC2(O)CCC(C)CC2)c(C#N)n1-c1ccc(CCC(F)(F)F)cc1OC(F)F. The number of halogens is 5. The number of benzene rings is 1. The van der Waals surface area contributed by atoms with Gasteiger partial charge in [-0.2, -0.15) is 27.2 Å². The van der Waals surface area contributed by atoms with Gasteiger partial charge in [0.25, 0.3) is 5.91 Å². The molecule has 1 aliphatic rings. The van der Waals surface area contributed by atoms with Gasteiger partial charge >= 0.3 is 12.8 Å². The van der Waals surface area contributed by atoms with Gasteiger partial charge in [-0.05, 0) is 55.7 Å². The Morgan fingerprint density at radius 2 is 2.03 bits per heavy atom. The van der Waals surface area contributed by atoms with Gasteiger partial charge in [0.2, 0.25) is 0 Å². The van der Waals surface area contributed by atoms with Crippen molar-refractivity contribution in [1.82, 2.24) is 14.9 Å². The Labute approximate surface area is 211 Å². The third-order valence-electron chi connectivity index (χ3n) is 6.55. The number of rotatable bonds is 9. The van der Waals surface area contributed by atoms with E-state index in [1.54, 1.807) is 6.92 Å². The molecule has 202 valence electrons. The number of amides is 1. The van der Waals surface area contributed by atoms with E-state index in [1.807, 2.05) is 6.07 Å². The fourth-order valence-corrected chi connectivity index (χ4v) is 4.40. The normalized spacial score (nSPS) is 20.1. The fourth-order valence-electron chi connectivity index (χ4n) is 4.40. The van der Waals surface area contributed by atoms with Crippen LogP contribution in [0.15, 0.2) is 18.2 Å². The zero-order valence-corrected chi connectivity index (χ0v) is 20.5. The Morgan fingerprint density at radius 3 is 2.59 bits per heavy atom. The zero-order chi connectivity index (χ0) is 27.4. The first-order chi connectivity index (χ1) is 17.4. The fraction of sp³-hybridized carbons (Fsp3) is 0.560. The Balaban J connectivity index is 1.95. The molecule has 3 rings (SSSR count). The average Bonchev–Trinajstić information content (AvgIpc) is 3.21. The molecule has 1 saturated carbocycles. The highest BCUT2D eigenvalue weighted by molar-refractivity contribution is 5.94. The predicted molar refractivity (Wildman–Crippen MR) is 124 cm³/mol. The van der Waals surface area contributed by atoms with E-state index in [0.29, 0.717) is 18.8 Å². The summed E-state index contributed by atoms with van der Waals surface area (Å²) in [7, 11) is 0. The second kappa shape index (κ2) is 11.5. The van der Waals surface area contributed by atoms with Crippen molar-refractivity contribution in [3.8, 4) is 17.5 Å². The minimum absolute atomic E-state index is 0.0363. The molecule has 2 aromatic rings. The number of nitrogens with zero attached hydrogens (tertiary/aromatic N) is 3. The number of imidazole rings is 1. The number of ether oxygens (including phenoxy) is 1. The lowest BCUT2D eigenvalue weighted by atomic mass is 9.79. The Morgan fingerprint density at radius 1 is 1.35 bits per heavy atom. The van der Waals surface area contributed by atoms with E-state index in [1.165, 1.54) is 16.7 Å². The minimum Gasteiger partial charge on any atom is -0.433 e. The molecule has 1 amide bonds. The van der Waals surface area contributed by atoms with Crippen molar-refractivity contribution in [3.05, 3.63) is 41.0 Å². The molecule has 37 heavy (non-hydrogen) atoms. The summed E-state index contributed by atoms with van der Waals surface area (Å²) in [4.78, 5) is 17.2. The molecule has 2 N–H and O–H groups in total. The van der Waals surface area contributed by atoms with Crippen LogP contribution in [0.3, 0.4) is 0 Å². The van der Waals surface area contributed by atoms with Crippen molar-refractivity contribution in [1.29, 1.82) is 5.26 Å². The van der Waals surface area contributed by atoms with Crippen LogP contribution in [0.1, 0.15) is 73.5 Å². The van der Waals surface area contributed by atoms with Gasteiger partial charge < -0.3 is 15.2 Å². The summed E-state index contributed by atoms with van der Waals surface area (Å²) in [6.07, 6.45) is -3.16. The lowest BCUT2D eigenvalue weighted by Crippen LogP contribution is -2.45. The van der Waals surface area contributed by atoms with Crippen molar-refractivity contribution in [2.24, 2.45) is 5.92 Å². The van der Waals surface area contributed by atoms with Gasteiger partial charge in [-0.25, -0.2) is 4.98 Å². The number of nitrogens with one attached hydrogen (secondary N) is 1. The van der Waals surface area contributed by atoms with Crippen molar-refractivity contribution in [2.75, 3.05) is 6.54 Å². The Kier molecular flexibility index (Phi) is 8.79. The number of nitriles is 1. The molecular formula is C25H29F5N4O3. The number of aryl methyl sites for hydroxylation is 2. The second-order valence-electron chi connectivity index (χ2n) is 9.41. The Hall–Kier alpha value is -3.20. The topological polar surface area (TPSA) is 100 Å². The molecule has 0 saturated heterocycles. The third kappa shape index (κ3) is 7.19. The molecule has 0 unspecified atom stereocenters. The van der Waals surface area contributed by atoms with Crippen LogP contribution in [0.4, 0.5) is 22.0 Å². The van der Waals surface area contributed by atoms with Crippen LogP contribution in [0.25, 0.3) is 5.69 Å². The highest BCUT2D eigenvalue weighted by atomic mass is 19.4. The van der Waals surface area contributed by atoms with E-state index in [2.05, 4.69) is 22.0 Å². The standard InChI is InChI=1S/C25H29F5N4O3/c1-3-20-33-21(22(35)32-14-24(36)9-6-15(2)7-10-24)18(13-31)34(20)17-5-4-16(8-11-25(28,29)30)12-19(17)37-23(26)27/h4-5,12,15,23,36H,3,6-11,14H2,1-2H3,(H,32,35). The lowest BCUT2D eigenvalue weighted by Gasteiger charge is -2.34. The van der Waals surface area contributed by atoms with Crippen LogP contribution >= 0.6 is 0 Å². The average molecular weight is 529 g/mol. The smallest absolute Gasteiger partial charge is 0.389 e. The lowest BCUT2D eigenvalue weighted by molar-refractivity contribution is -0.134. The summed E-state index contributed by atoms with van der Waals surface area (Å²) in [5.41, 5.74) is -1.52. The summed E-state index contributed by atoms with van der Waals surface area (Å²) < 4.78 is 70.1. The van der Waals surface area contributed by atoms with E-state index in [-0.39, 0.29) is 41.4 Å².